The standard InChI is InChI=1S/C8H14N2S/c1-4-7(9)8-5(2)10-6(3)11-8/h7H,4,9H2,1-3H3. The molecule has 1 unspecified atom stereocenters. The van der Waals surface area contributed by atoms with E-state index in [4.69, 9.17) is 5.73 Å². The predicted octanol–water partition coefficient (Wildman–Crippen LogP) is 2.17. The first kappa shape index (κ1) is 8.68. The van der Waals surface area contributed by atoms with E-state index in [2.05, 4.69) is 11.9 Å². The molecule has 0 amide bonds. The molecule has 0 radical (unpaired) electrons. The smallest absolute Gasteiger partial charge is 0.0900 e. The van der Waals surface area contributed by atoms with E-state index in [0.717, 1.165) is 17.1 Å². The highest BCUT2D eigenvalue weighted by Crippen LogP contribution is 2.24. The van der Waals surface area contributed by atoms with Crippen molar-refractivity contribution in [2.24, 2.45) is 5.73 Å². The zero-order valence-corrected chi connectivity index (χ0v) is 8.03. The van der Waals surface area contributed by atoms with Crippen LogP contribution in [-0.2, 0) is 0 Å². The maximum atomic E-state index is 5.88. The number of hydrogen-bond acceptors (Lipinski definition) is 3. The molecule has 0 aliphatic heterocycles. The molecule has 1 rings (SSSR count). The Labute approximate surface area is 71.5 Å². The third-order valence-electron chi connectivity index (χ3n) is 1.72. The van der Waals surface area contributed by atoms with E-state index >= 15 is 0 Å². The Hall–Kier alpha value is -0.410. The van der Waals surface area contributed by atoms with Gasteiger partial charge in [-0.3, -0.25) is 0 Å². The second-order valence-electron chi connectivity index (χ2n) is 2.70. The minimum absolute atomic E-state index is 0.182. The zero-order valence-electron chi connectivity index (χ0n) is 7.22. The van der Waals surface area contributed by atoms with Gasteiger partial charge in [0.15, 0.2) is 0 Å². The van der Waals surface area contributed by atoms with Gasteiger partial charge in [-0.05, 0) is 20.3 Å². The largest absolute Gasteiger partial charge is 0.323 e. The third kappa shape index (κ3) is 1.79. The minimum atomic E-state index is 0.182. The van der Waals surface area contributed by atoms with Gasteiger partial charge in [0.05, 0.1) is 10.7 Å². The lowest BCUT2D eigenvalue weighted by atomic mass is 10.2. The molecule has 3 heteroatoms. The second-order valence-corrected chi connectivity index (χ2v) is 3.93. The van der Waals surface area contributed by atoms with Crippen LogP contribution in [0.4, 0.5) is 0 Å². The van der Waals surface area contributed by atoms with Crippen LogP contribution in [0.1, 0.15) is 35.0 Å². The quantitative estimate of drug-likeness (QED) is 0.738. The molecule has 0 aliphatic carbocycles. The summed E-state index contributed by atoms with van der Waals surface area (Å²) in [6.07, 6.45) is 0.989. The van der Waals surface area contributed by atoms with Gasteiger partial charge >= 0.3 is 0 Å². The number of hydrogen-bond donors (Lipinski definition) is 1. The average Bonchev–Trinajstić information content (AvgIpc) is 2.28. The Morgan fingerprint density at radius 3 is 2.55 bits per heavy atom. The Morgan fingerprint density at radius 2 is 2.18 bits per heavy atom. The van der Waals surface area contributed by atoms with E-state index < -0.39 is 0 Å². The van der Waals surface area contributed by atoms with Crippen molar-refractivity contribution in [3.05, 3.63) is 15.6 Å². The Morgan fingerprint density at radius 1 is 1.55 bits per heavy atom. The monoisotopic (exact) mass is 170 g/mol. The Bertz CT molecular complexity index is 242. The van der Waals surface area contributed by atoms with E-state index in [1.165, 1.54) is 4.88 Å². The van der Waals surface area contributed by atoms with Crippen molar-refractivity contribution in [2.45, 2.75) is 33.2 Å². The van der Waals surface area contributed by atoms with Crippen LogP contribution in [0.5, 0.6) is 0 Å². The van der Waals surface area contributed by atoms with Crippen LogP contribution in [0.3, 0.4) is 0 Å². The molecule has 0 saturated carbocycles. The van der Waals surface area contributed by atoms with E-state index in [9.17, 15) is 0 Å². The maximum Gasteiger partial charge on any atom is 0.0900 e. The minimum Gasteiger partial charge on any atom is -0.323 e. The van der Waals surface area contributed by atoms with Crippen molar-refractivity contribution in [3.8, 4) is 0 Å². The highest BCUT2D eigenvalue weighted by atomic mass is 32.1. The van der Waals surface area contributed by atoms with E-state index in [1.54, 1.807) is 11.3 Å². The number of nitrogens with zero attached hydrogens (tertiary/aromatic N) is 1. The molecule has 1 heterocycles. The third-order valence-corrected chi connectivity index (χ3v) is 2.92. The predicted molar refractivity (Wildman–Crippen MR) is 48.8 cm³/mol. The molecular weight excluding hydrogens is 156 g/mol. The molecule has 62 valence electrons. The summed E-state index contributed by atoms with van der Waals surface area (Å²) in [4.78, 5) is 5.56. The molecule has 1 atom stereocenters. The Balaban J connectivity index is 2.93. The Kier molecular flexibility index (Phi) is 2.62. The molecule has 11 heavy (non-hydrogen) atoms. The topological polar surface area (TPSA) is 38.9 Å². The van der Waals surface area contributed by atoms with E-state index in [1.807, 2.05) is 13.8 Å². The summed E-state index contributed by atoms with van der Waals surface area (Å²) in [6.45, 7) is 6.14. The van der Waals surface area contributed by atoms with Crippen molar-refractivity contribution in [1.82, 2.24) is 4.98 Å². The van der Waals surface area contributed by atoms with Crippen LogP contribution in [0.15, 0.2) is 0 Å². The lowest BCUT2D eigenvalue weighted by Gasteiger charge is -2.04. The highest BCUT2D eigenvalue weighted by Gasteiger charge is 2.10. The zero-order chi connectivity index (χ0) is 8.43. The first-order valence-corrected chi connectivity index (χ1v) is 4.66. The summed E-state index contributed by atoms with van der Waals surface area (Å²) in [7, 11) is 0. The molecule has 1 aromatic rings. The first-order valence-electron chi connectivity index (χ1n) is 3.84. The van der Waals surface area contributed by atoms with Crippen molar-refractivity contribution in [1.29, 1.82) is 0 Å². The molecule has 0 spiro atoms. The van der Waals surface area contributed by atoms with Crippen LogP contribution < -0.4 is 5.73 Å². The van der Waals surface area contributed by atoms with Gasteiger partial charge < -0.3 is 5.73 Å². The lowest BCUT2D eigenvalue weighted by Crippen LogP contribution is -2.07. The summed E-state index contributed by atoms with van der Waals surface area (Å²) < 4.78 is 0. The summed E-state index contributed by atoms with van der Waals surface area (Å²) >= 11 is 1.71. The fourth-order valence-electron chi connectivity index (χ4n) is 1.08. The number of rotatable bonds is 2. The van der Waals surface area contributed by atoms with Crippen molar-refractivity contribution < 1.29 is 0 Å². The molecule has 0 aromatic carbocycles. The van der Waals surface area contributed by atoms with E-state index in [0.29, 0.717) is 0 Å². The summed E-state index contributed by atoms with van der Waals surface area (Å²) in [5.74, 6) is 0. The molecule has 0 fully saturated rings. The van der Waals surface area contributed by atoms with Crippen molar-refractivity contribution in [3.63, 3.8) is 0 Å². The lowest BCUT2D eigenvalue weighted by molar-refractivity contribution is 0.705. The van der Waals surface area contributed by atoms with Crippen LogP contribution >= 0.6 is 11.3 Å². The normalized spacial score (nSPS) is 13.5. The molecule has 1 aromatic heterocycles. The van der Waals surface area contributed by atoms with Gasteiger partial charge in [0.25, 0.3) is 0 Å². The molecule has 0 aliphatic rings. The fourth-order valence-corrected chi connectivity index (χ4v) is 2.09. The molecular formula is C8H14N2S. The number of thiazole rings is 1. The van der Waals surface area contributed by atoms with Gasteiger partial charge in [-0.25, -0.2) is 4.98 Å². The number of aromatic nitrogens is 1. The highest BCUT2D eigenvalue weighted by molar-refractivity contribution is 7.11. The maximum absolute atomic E-state index is 5.88. The van der Waals surface area contributed by atoms with Crippen molar-refractivity contribution in [2.75, 3.05) is 0 Å². The van der Waals surface area contributed by atoms with Gasteiger partial charge in [0.1, 0.15) is 0 Å². The fraction of sp³-hybridized carbons (Fsp3) is 0.625. The SMILES string of the molecule is CCC(N)c1sc(C)nc1C. The first-order chi connectivity index (χ1) is 5.15. The summed E-state index contributed by atoms with van der Waals surface area (Å²) in [6, 6.07) is 0.182. The average molecular weight is 170 g/mol. The van der Waals surface area contributed by atoms with Gasteiger partial charge in [-0.15, -0.1) is 11.3 Å². The molecule has 0 saturated heterocycles. The van der Waals surface area contributed by atoms with Crippen LogP contribution in [0, 0.1) is 13.8 Å². The van der Waals surface area contributed by atoms with Gasteiger partial charge in [0, 0.05) is 10.9 Å². The van der Waals surface area contributed by atoms with Crippen LogP contribution in [0.2, 0.25) is 0 Å². The molecule has 2 nitrogen and oxygen atoms in total. The number of nitrogens with two attached hydrogens (primary N) is 1. The van der Waals surface area contributed by atoms with Gasteiger partial charge in [-0.2, -0.15) is 0 Å². The van der Waals surface area contributed by atoms with Crippen LogP contribution in [-0.4, -0.2) is 4.98 Å². The van der Waals surface area contributed by atoms with Crippen molar-refractivity contribution >= 4 is 11.3 Å². The van der Waals surface area contributed by atoms with Crippen LogP contribution in [0.25, 0.3) is 0 Å². The summed E-state index contributed by atoms with van der Waals surface area (Å²) in [5, 5.41) is 1.11. The molecule has 0 bridgehead atoms. The van der Waals surface area contributed by atoms with Gasteiger partial charge in [-0.1, -0.05) is 6.92 Å². The van der Waals surface area contributed by atoms with Gasteiger partial charge in [0.2, 0.25) is 0 Å². The molecule has 2 N–H and O–H groups in total. The van der Waals surface area contributed by atoms with E-state index in [-0.39, 0.29) is 6.04 Å². The number of aryl methyl sites for hydroxylation is 2. The second kappa shape index (κ2) is 3.32. The summed E-state index contributed by atoms with van der Waals surface area (Å²) in [5.41, 5.74) is 6.98.